The first-order chi connectivity index (χ1) is 10.6. The van der Waals surface area contributed by atoms with Crippen LogP contribution >= 0.6 is 23.2 Å². The van der Waals surface area contributed by atoms with Crippen LogP contribution in [-0.4, -0.2) is 35.7 Å². The van der Waals surface area contributed by atoms with Gasteiger partial charge in [-0.15, -0.1) is 0 Å². The normalized spacial score (nSPS) is 15.2. The highest BCUT2D eigenvalue weighted by atomic mass is 35.5. The molecule has 1 aromatic carbocycles. The van der Waals surface area contributed by atoms with Crippen molar-refractivity contribution in [2.24, 2.45) is 7.05 Å². The highest BCUT2D eigenvalue weighted by Gasteiger charge is 2.23. The molecular weight excluding hydrogens is 323 g/mol. The predicted octanol–water partition coefficient (Wildman–Crippen LogP) is 2.41. The lowest BCUT2D eigenvalue weighted by atomic mass is 10.2. The lowest BCUT2D eigenvalue weighted by Gasteiger charge is -2.37. The monoisotopic (exact) mass is 338 g/mol. The van der Waals surface area contributed by atoms with Crippen molar-refractivity contribution in [1.82, 2.24) is 9.55 Å². The number of nitrogens with zero attached hydrogens (tertiary/aromatic N) is 4. The zero-order valence-electron chi connectivity index (χ0n) is 12.2. The van der Waals surface area contributed by atoms with E-state index >= 15 is 0 Å². The molecule has 0 atom stereocenters. The zero-order valence-corrected chi connectivity index (χ0v) is 13.7. The fourth-order valence-corrected chi connectivity index (χ4v) is 3.27. The summed E-state index contributed by atoms with van der Waals surface area (Å²) < 4.78 is 1.54. The fraction of sp³-hybridized carbons (Fsp3) is 0.333. The molecule has 1 aromatic heterocycles. The van der Waals surface area contributed by atoms with Crippen LogP contribution < -0.4 is 15.4 Å². The third-order valence-corrected chi connectivity index (χ3v) is 4.44. The molecule has 7 heteroatoms. The SMILES string of the molecule is Cn1ccnc(N2CCN(c3c(Cl)cccc3Cl)CC2)c1=O. The number of para-hydroxylation sites is 1. The lowest BCUT2D eigenvalue weighted by Crippen LogP contribution is -2.48. The summed E-state index contributed by atoms with van der Waals surface area (Å²) in [5.74, 6) is 0.495. The number of halogens is 2. The van der Waals surface area contributed by atoms with Crippen molar-refractivity contribution in [1.29, 1.82) is 0 Å². The lowest BCUT2D eigenvalue weighted by molar-refractivity contribution is 0.639. The van der Waals surface area contributed by atoms with Crippen LogP contribution in [0.4, 0.5) is 11.5 Å². The van der Waals surface area contributed by atoms with E-state index in [0.29, 0.717) is 29.0 Å². The average molecular weight is 339 g/mol. The van der Waals surface area contributed by atoms with E-state index in [0.717, 1.165) is 18.8 Å². The first kappa shape index (κ1) is 15.2. The molecule has 2 aromatic rings. The van der Waals surface area contributed by atoms with Crippen LogP contribution in [0.25, 0.3) is 0 Å². The first-order valence-electron chi connectivity index (χ1n) is 7.03. The summed E-state index contributed by atoms with van der Waals surface area (Å²) in [6, 6.07) is 5.51. The Bertz CT molecular complexity index is 718. The van der Waals surface area contributed by atoms with Gasteiger partial charge < -0.3 is 14.4 Å². The Labute approximate surface area is 138 Å². The van der Waals surface area contributed by atoms with Gasteiger partial charge in [-0.25, -0.2) is 4.98 Å². The quantitative estimate of drug-likeness (QED) is 0.843. The van der Waals surface area contributed by atoms with Crippen LogP contribution in [0.2, 0.25) is 10.0 Å². The van der Waals surface area contributed by atoms with Crippen LogP contribution in [0, 0.1) is 0 Å². The molecule has 3 rings (SSSR count). The molecule has 1 fully saturated rings. The maximum Gasteiger partial charge on any atom is 0.293 e. The topological polar surface area (TPSA) is 41.4 Å². The Balaban J connectivity index is 1.78. The predicted molar refractivity (Wildman–Crippen MR) is 90.4 cm³/mol. The second-order valence-corrected chi connectivity index (χ2v) is 6.03. The minimum Gasteiger partial charge on any atom is -0.366 e. The largest absolute Gasteiger partial charge is 0.366 e. The van der Waals surface area contributed by atoms with Gasteiger partial charge in [0.15, 0.2) is 5.82 Å². The molecular formula is C15H16Cl2N4O. The number of hydrogen-bond acceptors (Lipinski definition) is 4. The second kappa shape index (κ2) is 6.18. The van der Waals surface area contributed by atoms with E-state index in [4.69, 9.17) is 23.2 Å². The van der Waals surface area contributed by atoms with Crippen molar-refractivity contribution in [3.8, 4) is 0 Å². The number of benzene rings is 1. The van der Waals surface area contributed by atoms with E-state index in [1.165, 1.54) is 0 Å². The van der Waals surface area contributed by atoms with Gasteiger partial charge in [0.1, 0.15) is 0 Å². The van der Waals surface area contributed by atoms with Crippen LogP contribution in [0.15, 0.2) is 35.4 Å². The number of piperazine rings is 1. The zero-order chi connectivity index (χ0) is 15.7. The molecule has 0 saturated carbocycles. The maximum absolute atomic E-state index is 12.1. The first-order valence-corrected chi connectivity index (χ1v) is 7.79. The van der Waals surface area contributed by atoms with Crippen LogP contribution in [0.5, 0.6) is 0 Å². The standard InChI is InChI=1S/C15H16Cl2N4O/c1-19-6-5-18-14(15(19)22)21-9-7-20(8-10-21)13-11(16)3-2-4-12(13)17/h2-6H,7-10H2,1H3. The Morgan fingerprint density at radius 3 is 2.27 bits per heavy atom. The third kappa shape index (κ3) is 2.78. The Hall–Kier alpha value is -1.72. The second-order valence-electron chi connectivity index (χ2n) is 5.21. The van der Waals surface area contributed by atoms with Crippen molar-refractivity contribution in [3.05, 3.63) is 51.0 Å². The minimum absolute atomic E-state index is 0.0771. The van der Waals surface area contributed by atoms with Crippen LogP contribution in [-0.2, 0) is 7.05 Å². The molecule has 1 aliphatic heterocycles. The van der Waals surface area contributed by atoms with Gasteiger partial charge in [0, 0.05) is 45.6 Å². The van der Waals surface area contributed by atoms with Gasteiger partial charge >= 0.3 is 0 Å². The number of hydrogen-bond donors (Lipinski definition) is 0. The van der Waals surface area contributed by atoms with E-state index in [9.17, 15) is 4.79 Å². The van der Waals surface area contributed by atoms with Crippen molar-refractivity contribution in [2.75, 3.05) is 36.0 Å². The van der Waals surface area contributed by atoms with Gasteiger partial charge in [-0.3, -0.25) is 4.79 Å². The highest BCUT2D eigenvalue weighted by Crippen LogP contribution is 2.34. The summed E-state index contributed by atoms with van der Waals surface area (Å²) in [4.78, 5) is 20.5. The number of aromatic nitrogens is 2. The molecule has 1 saturated heterocycles. The van der Waals surface area contributed by atoms with Crippen molar-refractivity contribution in [3.63, 3.8) is 0 Å². The molecule has 5 nitrogen and oxygen atoms in total. The van der Waals surface area contributed by atoms with Crippen molar-refractivity contribution >= 4 is 34.7 Å². The Morgan fingerprint density at radius 2 is 1.64 bits per heavy atom. The van der Waals surface area contributed by atoms with Gasteiger partial charge in [-0.2, -0.15) is 0 Å². The molecule has 116 valence electrons. The van der Waals surface area contributed by atoms with Gasteiger partial charge in [-0.1, -0.05) is 29.3 Å². The number of aryl methyl sites for hydroxylation is 1. The molecule has 1 aliphatic rings. The van der Waals surface area contributed by atoms with Crippen molar-refractivity contribution in [2.45, 2.75) is 0 Å². The third-order valence-electron chi connectivity index (χ3n) is 3.83. The van der Waals surface area contributed by atoms with Crippen LogP contribution in [0.3, 0.4) is 0 Å². The van der Waals surface area contributed by atoms with Crippen molar-refractivity contribution < 1.29 is 0 Å². The van der Waals surface area contributed by atoms with Gasteiger partial charge in [0.05, 0.1) is 15.7 Å². The van der Waals surface area contributed by atoms with Gasteiger partial charge in [0.25, 0.3) is 5.56 Å². The van der Waals surface area contributed by atoms with E-state index in [1.807, 2.05) is 23.1 Å². The summed E-state index contributed by atoms with van der Waals surface area (Å²) in [5, 5.41) is 1.30. The highest BCUT2D eigenvalue weighted by molar-refractivity contribution is 6.39. The van der Waals surface area contributed by atoms with E-state index in [2.05, 4.69) is 9.88 Å². The molecule has 2 heterocycles. The molecule has 22 heavy (non-hydrogen) atoms. The molecule has 0 aliphatic carbocycles. The average Bonchev–Trinajstić information content (AvgIpc) is 2.51. The van der Waals surface area contributed by atoms with Gasteiger partial charge in [0.2, 0.25) is 0 Å². The Morgan fingerprint density at radius 1 is 1.05 bits per heavy atom. The summed E-state index contributed by atoms with van der Waals surface area (Å²) in [5.41, 5.74) is 0.783. The van der Waals surface area contributed by atoms with Crippen LogP contribution in [0.1, 0.15) is 0 Å². The summed E-state index contributed by atoms with van der Waals surface area (Å²) in [6.45, 7) is 2.88. The van der Waals surface area contributed by atoms with E-state index in [1.54, 1.807) is 24.0 Å². The summed E-state index contributed by atoms with van der Waals surface area (Å²) in [6.07, 6.45) is 3.31. The summed E-state index contributed by atoms with van der Waals surface area (Å²) >= 11 is 12.5. The van der Waals surface area contributed by atoms with E-state index in [-0.39, 0.29) is 5.56 Å². The minimum atomic E-state index is -0.0771. The maximum atomic E-state index is 12.1. The van der Waals surface area contributed by atoms with Gasteiger partial charge in [-0.05, 0) is 12.1 Å². The molecule has 0 amide bonds. The molecule has 0 N–H and O–H groups in total. The fourth-order valence-electron chi connectivity index (χ4n) is 2.63. The smallest absolute Gasteiger partial charge is 0.293 e. The molecule has 0 spiro atoms. The molecule has 0 radical (unpaired) electrons. The summed E-state index contributed by atoms with van der Waals surface area (Å²) in [7, 11) is 1.73. The number of anilines is 2. The van der Waals surface area contributed by atoms with E-state index < -0.39 is 0 Å². The molecule has 0 bridgehead atoms. The number of rotatable bonds is 2. The molecule has 0 unspecified atom stereocenters. The Kier molecular flexibility index (Phi) is 4.27.